The van der Waals surface area contributed by atoms with Crippen molar-refractivity contribution in [3.8, 4) is 5.75 Å². The lowest BCUT2D eigenvalue weighted by molar-refractivity contribution is -0.118. The molecule has 0 aliphatic heterocycles. The van der Waals surface area contributed by atoms with Gasteiger partial charge in [0.25, 0.3) is 0 Å². The molecular formula is C19H28FNO3. The third kappa shape index (κ3) is 8.65. The van der Waals surface area contributed by atoms with Crippen LogP contribution in [-0.4, -0.2) is 23.3 Å². The SMILES string of the molecule is CC(=O)NCCCCCCCCCCC(=O)c1ccc(O)c(F)c1. The summed E-state index contributed by atoms with van der Waals surface area (Å²) in [6.45, 7) is 2.29. The number of nitrogens with one attached hydrogen (secondary N) is 1. The van der Waals surface area contributed by atoms with Gasteiger partial charge in [0.2, 0.25) is 5.91 Å². The van der Waals surface area contributed by atoms with E-state index in [9.17, 15) is 14.0 Å². The number of halogens is 1. The lowest BCUT2D eigenvalue weighted by Crippen LogP contribution is -2.20. The number of amides is 1. The van der Waals surface area contributed by atoms with E-state index in [1.807, 2.05) is 0 Å². The highest BCUT2D eigenvalue weighted by atomic mass is 19.1. The normalized spacial score (nSPS) is 10.6. The lowest BCUT2D eigenvalue weighted by Gasteiger charge is -2.04. The van der Waals surface area contributed by atoms with Crippen LogP contribution in [-0.2, 0) is 4.79 Å². The first kappa shape index (κ1) is 20.1. The van der Waals surface area contributed by atoms with Crippen molar-refractivity contribution >= 4 is 11.7 Å². The number of hydrogen-bond donors (Lipinski definition) is 2. The number of unbranched alkanes of at least 4 members (excludes halogenated alkanes) is 7. The zero-order chi connectivity index (χ0) is 17.8. The standard InChI is InChI=1S/C19H28FNO3/c1-15(22)21-13-9-7-5-3-2-4-6-8-10-18(23)16-11-12-19(24)17(20)14-16/h11-12,14,24H,2-10,13H2,1H3,(H,21,22). The molecule has 0 aromatic heterocycles. The number of phenolic OH excluding ortho intramolecular Hbond substituents is 1. The first-order valence-corrected chi connectivity index (χ1v) is 8.77. The summed E-state index contributed by atoms with van der Waals surface area (Å²) in [7, 11) is 0. The smallest absolute Gasteiger partial charge is 0.216 e. The third-order valence-electron chi connectivity index (χ3n) is 3.97. The van der Waals surface area contributed by atoms with Crippen LogP contribution < -0.4 is 5.32 Å². The molecule has 5 heteroatoms. The first-order valence-electron chi connectivity index (χ1n) is 8.77. The summed E-state index contributed by atoms with van der Waals surface area (Å²) in [6.07, 6.45) is 8.99. The Bertz CT molecular complexity index is 531. The average molecular weight is 337 g/mol. The van der Waals surface area contributed by atoms with Crippen LogP contribution in [0.5, 0.6) is 5.75 Å². The van der Waals surface area contributed by atoms with Crippen LogP contribution in [0.25, 0.3) is 0 Å². The van der Waals surface area contributed by atoms with Gasteiger partial charge in [-0.2, -0.15) is 0 Å². The van der Waals surface area contributed by atoms with Gasteiger partial charge in [0, 0.05) is 25.5 Å². The monoisotopic (exact) mass is 337 g/mol. The molecule has 0 fully saturated rings. The van der Waals surface area contributed by atoms with Gasteiger partial charge < -0.3 is 10.4 Å². The number of carbonyl (C=O) groups is 2. The summed E-state index contributed by atoms with van der Waals surface area (Å²) in [5.74, 6) is -1.23. The Hall–Kier alpha value is -1.91. The maximum absolute atomic E-state index is 13.2. The van der Waals surface area contributed by atoms with Crippen LogP contribution in [0.2, 0.25) is 0 Å². The summed E-state index contributed by atoms with van der Waals surface area (Å²) in [5.41, 5.74) is 0.324. The molecule has 1 amide bonds. The van der Waals surface area contributed by atoms with Crippen molar-refractivity contribution < 1.29 is 19.1 Å². The number of ketones is 1. The van der Waals surface area contributed by atoms with Crippen LogP contribution in [0, 0.1) is 5.82 Å². The second kappa shape index (κ2) is 11.6. The molecule has 1 aromatic carbocycles. The van der Waals surface area contributed by atoms with Crippen LogP contribution >= 0.6 is 0 Å². The Morgan fingerprint density at radius 1 is 1.00 bits per heavy atom. The molecule has 0 aliphatic carbocycles. The maximum Gasteiger partial charge on any atom is 0.216 e. The molecular weight excluding hydrogens is 309 g/mol. The molecule has 0 bridgehead atoms. The van der Waals surface area contributed by atoms with Gasteiger partial charge in [0.05, 0.1) is 0 Å². The van der Waals surface area contributed by atoms with E-state index in [-0.39, 0.29) is 11.7 Å². The number of rotatable bonds is 12. The van der Waals surface area contributed by atoms with Crippen molar-refractivity contribution in [1.82, 2.24) is 5.32 Å². The second-order valence-electron chi connectivity index (χ2n) is 6.15. The van der Waals surface area contributed by atoms with Crippen molar-refractivity contribution in [2.75, 3.05) is 6.54 Å². The summed E-state index contributed by atoms with van der Waals surface area (Å²) in [4.78, 5) is 22.6. The van der Waals surface area contributed by atoms with Crippen LogP contribution in [0.1, 0.15) is 75.1 Å². The van der Waals surface area contributed by atoms with Crippen molar-refractivity contribution in [1.29, 1.82) is 0 Å². The minimum absolute atomic E-state index is 0.0274. The Balaban J connectivity index is 1.99. The molecule has 0 saturated carbocycles. The second-order valence-corrected chi connectivity index (χ2v) is 6.15. The van der Waals surface area contributed by atoms with E-state index >= 15 is 0 Å². The summed E-state index contributed by atoms with van der Waals surface area (Å²) < 4.78 is 13.2. The number of hydrogen-bond acceptors (Lipinski definition) is 3. The topological polar surface area (TPSA) is 66.4 Å². The van der Waals surface area contributed by atoms with Gasteiger partial charge in [-0.25, -0.2) is 4.39 Å². The molecule has 0 unspecified atom stereocenters. The van der Waals surface area contributed by atoms with Gasteiger partial charge in [-0.3, -0.25) is 9.59 Å². The minimum atomic E-state index is -0.751. The molecule has 0 radical (unpaired) electrons. The molecule has 0 atom stereocenters. The number of phenols is 1. The van der Waals surface area contributed by atoms with Crippen molar-refractivity contribution in [2.45, 2.75) is 64.7 Å². The van der Waals surface area contributed by atoms with Gasteiger partial charge >= 0.3 is 0 Å². The zero-order valence-electron chi connectivity index (χ0n) is 14.4. The lowest BCUT2D eigenvalue weighted by atomic mass is 10.0. The van der Waals surface area contributed by atoms with E-state index in [0.717, 1.165) is 51.1 Å². The number of benzene rings is 1. The van der Waals surface area contributed by atoms with Gasteiger partial charge in [0.1, 0.15) is 0 Å². The van der Waals surface area contributed by atoms with E-state index in [0.29, 0.717) is 12.0 Å². The molecule has 134 valence electrons. The Morgan fingerprint density at radius 3 is 2.17 bits per heavy atom. The summed E-state index contributed by atoms with van der Waals surface area (Å²) >= 11 is 0. The predicted molar refractivity (Wildman–Crippen MR) is 92.6 cm³/mol. The van der Waals surface area contributed by atoms with Gasteiger partial charge in [0.15, 0.2) is 17.3 Å². The Labute approximate surface area is 143 Å². The van der Waals surface area contributed by atoms with E-state index in [4.69, 9.17) is 5.11 Å². The summed E-state index contributed by atoms with van der Waals surface area (Å²) in [6, 6.07) is 3.77. The third-order valence-corrected chi connectivity index (χ3v) is 3.97. The number of Topliss-reactive ketones (excluding diaryl/α,β-unsaturated/α-hetero) is 1. The molecule has 2 N–H and O–H groups in total. The zero-order valence-corrected chi connectivity index (χ0v) is 14.4. The largest absolute Gasteiger partial charge is 0.505 e. The molecule has 4 nitrogen and oxygen atoms in total. The highest BCUT2D eigenvalue weighted by Crippen LogP contribution is 2.18. The highest BCUT2D eigenvalue weighted by molar-refractivity contribution is 5.96. The van der Waals surface area contributed by atoms with E-state index in [1.54, 1.807) is 0 Å². The molecule has 1 aromatic rings. The van der Waals surface area contributed by atoms with Gasteiger partial charge in [-0.1, -0.05) is 38.5 Å². The number of carbonyl (C=O) groups excluding carboxylic acids is 2. The van der Waals surface area contributed by atoms with Crippen molar-refractivity contribution in [3.05, 3.63) is 29.6 Å². The highest BCUT2D eigenvalue weighted by Gasteiger charge is 2.08. The van der Waals surface area contributed by atoms with Gasteiger partial charge in [-0.15, -0.1) is 0 Å². The Kier molecular flexibility index (Phi) is 9.73. The fourth-order valence-electron chi connectivity index (χ4n) is 2.56. The van der Waals surface area contributed by atoms with E-state index in [1.165, 1.54) is 31.9 Å². The fourth-order valence-corrected chi connectivity index (χ4v) is 2.56. The van der Waals surface area contributed by atoms with Crippen molar-refractivity contribution in [3.63, 3.8) is 0 Å². The summed E-state index contributed by atoms with van der Waals surface area (Å²) in [5, 5.41) is 11.9. The molecule has 24 heavy (non-hydrogen) atoms. The average Bonchev–Trinajstić information content (AvgIpc) is 2.54. The fraction of sp³-hybridized carbons (Fsp3) is 0.579. The van der Waals surface area contributed by atoms with Crippen LogP contribution in [0.4, 0.5) is 4.39 Å². The molecule has 0 saturated heterocycles. The maximum atomic E-state index is 13.2. The van der Waals surface area contributed by atoms with Crippen LogP contribution in [0.15, 0.2) is 18.2 Å². The Morgan fingerprint density at radius 2 is 1.58 bits per heavy atom. The van der Waals surface area contributed by atoms with Crippen molar-refractivity contribution in [2.24, 2.45) is 0 Å². The number of aromatic hydroxyl groups is 1. The van der Waals surface area contributed by atoms with E-state index < -0.39 is 11.6 Å². The molecule has 1 rings (SSSR count). The quantitative estimate of drug-likeness (QED) is 0.440. The predicted octanol–water partition coefficient (Wildman–Crippen LogP) is 4.36. The molecule has 0 aliphatic rings. The minimum Gasteiger partial charge on any atom is -0.505 e. The van der Waals surface area contributed by atoms with E-state index in [2.05, 4.69) is 5.32 Å². The van der Waals surface area contributed by atoms with Crippen LogP contribution in [0.3, 0.4) is 0 Å². The van der Waals surface area contributed by atoms with Gasteiger partial charge in [-0.05, 0) is 31.0 Å². The molecule has 0 heterocycles. The molecule has 0 spiro atoms. The first-order chi connectivity index (χ1) is 11.5.